The van der Waals surface area contributed by atoms with E-state index in [1.807, 2.05) is 0 Å². The van der Waals surface area contributed by atoms with Crippen molar-refractivity contribution >= 4 is 22.6 Å². The Bertz CT molecular complexity index is 898. The number of hydrogen-bond donors (Lipinski definition) is 1. The highest BCUT2D eigenvalue weighted by molar-refractivity contribution is 6.07. The average molecular weight is 408 g/mol. The Morgan fingerprint density at radius 1 is 1.07 bits per heavy atom. The van der Waals surface area contributed by atoms with E-state index in [0.29, 0.717) is 6.07 Å². The van der Waals surface area contributed by atoms with Gasteiger partial charge in [0.2, 0.25) is 0 Å². The highest BCUT2D eigenvalue weighted by Crippen LogP contribution is 2.42. The molecule has 1 aromatic heterocycles. The molecule has 154 valence electrons. The second kappa shape index (κ2) is 7.14. The number of anilines is 1. The first-order valence-electron chi connectivity index (χ1n) is 8.23. The average Bonchev–Trinajstić information content (AvgIpc) is 2.50. The number of carbonyl (C=O) groups is 1. The normalized spacial score (nSPS) is 12.9. The van der Waals surface area contributed by atoms with Gasteiger partial charge in [-0.25, -0.2) is 9.78 Å². The van der Waals surface area contributed by atoms with Crippen LogP contribution in [-0.4, -0.2) is 23.1 Å². The van der Waals surface area contributed by atoms with Crippen LogP contribution < -0.4 is 5.32 Å². The van der Waals surface area contributed by atoms with E-state index in [9.17, 15) is 31.1 Å². The molecule has 0 fully saturated rings. The molecule has 1 aromatic carbocycles. The molecule has 0 amide bonds. The van der Waals surface area contributed by atoms with E-state index >= 15 is 0 Å². The second-order valence-electron chi connectivity index (χ2n) is 7.00. The maximum absolute atomic E-state index is 13.6. The van der Waals surface area contributed by atoms with Gasteiger partial charge in [-0.1, -0.05) is 12.1 Å². The Labute approximate surface area is 156 Å². The number of nitrogens with one attached hydrogen (secondary N) is 1. The SMILES string of the molecule is CCOC(=O)c1c(C(F)(F)F)nc2c(C(F)(F)F)cccc2c1NC(C)(C)C. The lowest BCUT2D eigenvalue weighted by Crippen LogP contribution is -2.29. The van der Waals surface area contributed by atoms with E-state index in [1.54, 1.807) is 20.8 Å². The Morgan fingerprint density at radius 2 is 1.68 bits per heavy atom. The topological polar surface area (TPSA) is 51.2 Å². The minimum atomic E-state index is -5.18. The lowest BCUT2D eigenvalue weighted by atomic mass is 9.99. The van der Waals surface area contributed by atoms with E-state index in [4.69, 9.17) is 4.74 Å². The van der Waals surface area contributed by atoms with Gasteiger partial charge in [0, 0.05) is 10.9 Å². The van der Waals surface area contributed by atoms with Crippen LogP contribution in [-0.2, 0) is 17.1 Å². The summed E-state index contributed by atoms with van der Waals surface area (Å²) >= 11 is 0. The molecule has 28 heavy (non-hydrogen) atoms. The van der Waals surface area contributed by atoms with Crippen molar-refractivity contribution in [1.82, 2.24) is 4.98 Å². The van der Waals surface area contributed by atoms with E-state index in [2.05, 4.69) is 10.3 Å². The molecule has 1 N–H and O–H groups in total. The second-order valence-corrected chi connectivity index (χ2v) is 7.00. The van der Waals surface area contributed by atoms with Crippen molar-refractivity contribution in [2.75, 3.05) is 11.9 Å². The minimum absolute atomic E-state index is 0.217. The molecule has 0 unspecified atom stereocenters. The first kappa shape index (κ1) is 21.8. The number of ether oxygens (including phenoxy) is 1. The summed E-state index contributed by atoms with van der Waals surface area (Å²) in [5, 5.41) is 2.45. The zero-order chi connectivity index (χ0) is 21.5. The largest absolute Gasteiger partial charge is 0.462 e. The summed E-state index contributed by atoms with van der Waals surface area (Å²) in [5.74, 6) is -1.33. The van der Waals surface area contributed by atoms with Crippen molar-refractivity contribution in [3.63, 3.8) is 0 Å². The molecule has 2 rings (SSSR count). The first-order valence-corrected chi connectivity index (χ1v) is 8.23. The van der Waals surface area contributed by atoms with Crippen molar-refractivity contribution in [1.29, 1.82) is 0 Å². The zero-order valence-electron chi connectivity index (χ0n) is 15.5. The number of aromatic nitrogens is 1. The molecule has 0 atom stereocenters. The van der Waals surface area contributed by atoms with Crippen molar-refractivity contribution in [3.8, 4) is 0 Å². The van der Waals surface area contributed by atoms with Crippen LogP contribution in [0.25, 0.3) is 10.9 Å². The number of pyridine rings is 1. The van der Waals surface area contributed by atoms with Crippen molar-refractivity contribution < 1.29 is 35.9 Å². The van der Waals surface area contributed by atoms with Crippen LogP contribution in [0.5, 0.6) is 0 Å². The fraction of sp³-hybridized carbons (Fsp3) is 0.444. The van der Waals surface area contributed by atoms with Crippen molar-refractivity contribution in [3.05, 3.63) is 35.0 Å². The maximum Gasteiger partial charge on any atom is 0.434 e. The van der Waals surface area contributed by atoms with Gasteiger partial charge >= 0.3 is 18.3 Å². The summed E-state index contributed by atoms with van der Waals surface area (Å²) in [4.78, 5) is 15.5. The molecule has 0 bridgehead atoms. The molecule has 0 aliphatic carbocycles. The van der Waals surface area contributed by atoms with E-state index in [1.165, 1.54) is 13.0 Å². The summed E-state index contributed by atoms with van der Waals surface area (Å²) in [5.41, 5.74) is -6.19. The Hall–Kier alpha value is -2.52. The highest BCUT2D eigenvalue weighted by atomic mass is 19.4. The number of carbonyl (C=O) groups excluding carboxylic acids is 1. The van der Waals surface area contributed by atoms with Crippen LogP contribution >= 0.6 is 0 Å². The van der Waals surface area contributed by atoms with Crippen molar-refractivity contribution in [2.24, 2.45) is 0 Å². The quantitative estimate of drug-likeness (QED) is 0.526. The third-order valence-corrected chi connectivity index (χ3v) is 3.57. The van der Waals surface area contributed by atoms with Crippen LogP contribution in [0.15, 0.2) is 18.2 Å². The number of hydrogen-bond acceptors (Lipinski definition) is 4. The fourth-order valence-electron chi connectivity index (χ4n) is 2.63. The smallest absolute Gasteiger partial charge is 0.434 e. The van der Waals surface area contributed by atoms with Gasteiger partial charge in [-0.15, -0.1) is 0 Å². The third kappa shape index (κ3) is 4.48. The number of rotatable bonds is 3. The molecular weight excluding hydrogens is 390 g/mol. The fourth-order valence-corrected chi connectivity index (χ4v) is 2.63. The number of esters is 1. The molecule has 2 aromatic rings. The van der Waals surface area contributed by atoms with Gasteiger partial charge in [-0.3, -0.25) is 0 Å². The van der Waals surface area contributed by atoms with Gasteiger partial charge in [0.25, 0.3) is 0 Å². The summed E-state index contributed by atoms with van der Waals surface area (Å²) in [6.45, 7) is 5.96. The van der Waals surface area contributed by atoms with E-state index in [-0.39, 0.29) is 12.0 Å². The van der Waals surface area contributed by atoms with Gasteiger partial charge in [-0.05, 0) is 33.8 Å². The predicted octanol–water partition coefficient (Wildman–Crippen LogP) is 5.66. The monoisotopic (exact) mass is 408 g/mol. The maximum atomic E-state index is 13.6. The molecule has 0 radical (unpaired) electrons. The lowest BCUT2D eigenvalue weighted by Gasteiger charge is -2.27. The first-order chi connectivity index (χ1) is 12.7. The van der Waals surface area contributed by atoms with Crippen LogP contribution in [0.3, 0.4) is 0 Å². The van der Waals surface area contributed by atoms with E-state index < -0.39 is 51.9 Å². The Morgan fingerprint density at radius 3 is 2.14 bits per heavy atom. The molecule has 0 saturated carbocycles. The van der Waals surface area contributed by atoms with Crippen molar-refractivity contribution in [2.45, 2.75) is 45.6 Å². The number of nitrogens with zero attached hydrogens (tertiary/aromatic N) is 1. The van der Waals surface area contributed by atoms with Crippen LogP contribution in [0.4, 0.5) is 32.0 Å². The summed E-state index contributed by atoms with van der Waals surface area (Å²) < 4.78 is 85.7. The van der Waals surface area contributed by atoms with Gasteiger partial charge in [0.05, 0.1) is 23.4 Å². The number of halogens is 6. The lowest BCUT2D eigenvalue weighted by molar-refractivity contribution is -0.142. The van der Waals surface area contributed by atoms with E-state index in [0.717, 1.165) is 6.07 Å². The number of alkyl halides is 6. The van der Waals surface area contributed by atoms with Gasteiger partial charge in [0.15, 0.2) is 5.69 Å². The minimum Gasteiger partial charge on any atom is -0.462 e. The van der Waals surface area contributed by atoms with Crippen LogP contribution in [0.1, 0.15) is 49.3 Å². The molecule has 0 aliphatic rings. The summed E-state index contributed by atoms with van der Waals surface area (Å²) in [6.07, 6.45) is -10.1. The molecule has 0 spiro atoms. The number of fused-ring (bicyclic) bond motifs is 1. The summed E-state index contributed by atoms with van der Waals surface area (Å²) in [7, 11) is 0. The predicted molar refractivity (Wildman–Crippen MR) is 91.1 cm³/mol. The standard InChI is InChI=1S/C18H18F6N2O2/c1-5-28-15(27)11-13(26-16(2,3)4)9-7-6-8-10(17(19,20)21)12(9)25-14(11)18(22,23)24/h6-8H,5H2,1-4H3,(H,25,26). The molecule has 0 aliphatic heterocycles. The highest BCUT2D eigenvalue weighted by Gasteiger charge is 2.42. The number of para-hydroxylation sites is 1. The summed E-state index contributed by atoms with van der Waals surface area (Å²) in [6, 6.07) is 2.86. The van der Waals surface area contributed by atoms with Crippen LogP contribution in [0.2, 0.25) is 0 Å². The number of benzene rings is 1. The molecule has 0 saturated heterocycles. The van der Waals surface area contributed by atoms with Gasteiger partial charge in [-0.2, -0.15) is 26.3 Å². The Kier molecular flexibility index (Phi) is 5.55. The molecule has 1 heterocycles. The van der Waals surface area contributed by atoms with Gasteiger partial charge < -0.3 is 10.1 Å². The van der Waals surface area contributed by atoms with Gasteiger partial charge in [0.1, 0.15) is 5.56 Å². The molecule has 4 nitrogen and oxygen atoms in total. The molecule has 10 heteroatoms. The Balaban J connectivity index is 3.05. The zero-order valence-corrected chi connectivity index (χ0v) is 15.5. The molecular formula is C18H18F6N2O2. The van der Waals surface area contributed by atoms with Crippen LogP contribution in [0, 0.1) is 0 Å². The third-order valence-electron chi connectivity index (χ3n) is 3.57.